The molecular weight excluding hydrogens is 214 g/mol. The molecule has 0 unspecified atom stereocenters. The molecule has 0 spiro atoms. The van der Waals surface area contributed by atoms with Gasteiger partial charge in [-0.15, -0.1) is 0 Å². The lowest BCUT2D eigenvalue weighted by molar-refractivity contribution is 0.0996. The Morgan fingerprint density at radius 1 is 1.31 bits per heavy atom. The Balaban J connectivity index is 2.87. The monoisotopic (exact) mass is 222 g/mol. The average molecular weight is 222 g/mol. The summed E-state index contributed by atoms with van der Waals surface area (Å²) in [5, 5.41) is 0.336. The number of halogens is 2. The average Bonchev–Trinajstić information content (AvgIpc) is 2.19. The van der Waals surface area contributed by atoms with E-state index in [2.05, 4.69) is 4.98 Å². The van der Waals surface area contributed by atoms with E-state index in [9.17, 15) is 13.6 Å². The molecule has 2 aromatic rings. The van der Waals surface area contributed by atoms with E-state index in [0.717, 1.165) is 6.07 Å². The minimum Gasteiger partial charge on any atom is -0.364 e. The molecule has 1 aromatic heterocycles. The molecule has 0 aliphatic rings. The van der Waals surface area contributed by atoms with Crippen molar-refractivity contribution in [1.82, 2.24) is 4.98 Å². The third kappa shape index (κ3) is 1.60. The number of nitrogens with two attached hydrogens (primary N) is 1. The number of carbonyl (C=O) groups is 1. The molecule has 1 aromatic carbocycles. The zero-order valence-corrected chi connectivity index (χ0v) is 8.42. The van der Waals surface area contributed by atoms with E-state index in [1.807, 2.05) is 0 Å². The number of pyridine rings is 1. The van der Waals surface area contributed by atoms with Crippen molar-refractivity contribution >= 4 is 16.8 Å². The number of aryl methyl sites for hydroxylation is 1. The lowest BCUT2D eigenvalue weighted by Gasteiger charge is -2.05. The summed E-state index contributed by atoms with van der Waals surface area (Å²) < 4.78 is 26.4. The number of hydrogen-bond donors (Lipinski definition) is 1. The van der Waals surface area contributed by atoms with Crippen molar-refractivity contribution < 1.29 is 13.6 Å². The lowest BCUT2D eigenvalue weighted by atomic mass is 10.1. The van der Waals surface area contributed by atoms with E-state index in [1.165, 1.54) is 12.1 Å². The predicted molar refractivity (Wildman–Crippen MR) is 54.9 cm³/mol. The van der Waals surface area contributed by atoms with E-state index >= 15 is 0 Å². The molecule has 0 atom stereocenters. The van der Waals surface area contributed by atoms with Gasteiger partial charge in [-0.25, -0.2) is 13.8 Å². The van der Waals surface area contributed by atoms with E-state index in [-0.39, 0.29) is 11.2 Å². The van der Waals surface area contributed by atoms with Gasteiger partial charge in [-0.3, -0.25) is 4.79 Å². The van der Waals surface area contributed by atoms with Crippen molar-refractivity contribution in [3.63, 3.8) is 0 Å². The van der Waals surface area contributed by atoms with Crippen LogP contribution < -0.4 is 5.73 Å². The van der Waals surface area contributed by atoms with E-state index in [0.29, 0.717) is 10.9 Å². The quantitative estimate of drug-likeness (QED) is 0.801. The first-order valence-electron chi connectivity index (χ1n) is 4.55. The first-order valence-corrected chi connectivity index (χ1v) is 4.55. The molecular formula is C11H8F2N2O. The molecule has 0 bridgehead atoms. The molecule has 16 heavy (non-hydrogen) atoms. The number of hydrogen-bond acceptors (Lipinski definition) is 2. The molecule has 2 N–H and O–H groups in total. The van der Waals surface area contributed by atoms with Gasteiger partial charge in [0.15, 0.2) is 5.82 Å². The predicted octanol–water partition coefficient (Wildman–Crippen LogP) is 1.92. The van der Waals surface area contributed by atoms with E-state index in [1.54, 1.807) is 6.92 Å². The van der Waals surface area contributed by atoms with Crippen LogP contribution in [0.15, 0.2) is 18.2 Å². The second-order valence-corrected chi connectivity index (χ2v) is 3.47. The van der Waals surface area contributed by atoms with Crippen molar-refractivity contribution in [2.75, 3.05) is 0 Å². The molecule has 0 radical (unpaired) electrons. The zero-order valence-electron chi connectivity index (χ0n) is 8.42. The number of carbonyl (C=O) groups excluding carboxylic acids is 1. The van der Waals surface area contributed by atoms with E-state index < -0.39 is 17.5 Å². The maximum Gasteiger partial charge on any atom is 0.267 e. The third-order valence-electron chi connectivity index (χ3n) is 2.29. The summed E-state index contributed by atoms with van der Waals surface area (Å²) in [7, 11) is 0. The molecule has 0 fully saturated rings. The fraction of sp³-hybridized carbons (Fsp3) is 0.0909. The highest BCUT2D eigenvalue weighted by molar-refractivity contribution is 5.94. The van der Waals surface area contributed by atoms with Crippen LogP contribution in [-0.4, -0.2) is 10.9 Å². The van der Waals surface area contributed by atoms with Crippen molar-refractivity contribution in [3.8, 4) is 0 Å². The second-order valence-electron chi connectivity index (χ2n) is 3.47. The Morgan fingerprint density at radius 3 is 2.62 bits per heavy atom. The summed E-state index contributed by atoms with van der Waals surface area (Å²) in [6.07, 6.45) is 0. The van der Waals surface area contributed by atoms with Crippen LogP contribution in [-0.2, 0) is 0 Å². The fourth-order valence-corrected chi connectivity index (χ4v) is 1.54. The highest BCUT2D eigenvalue weighted by Gasteiger charge is 2.11. The Labute approximate surface area is 89.9 Å². The van der Waals surface area contributed by atoms with Crippen LogP contribution in [0.5, 0.6) is 0 Å². The van der Waals surface area contributed by atoms with Crippen LogP contribution >= 0.6 is 0 Å². The summed E-state index contributed by atoms with van der Waals surface area (Å²) in [6, 6.07) is 3.30. The minimum absolute atomic E-state index is 0.0319. The van der Waals surface area contributed by atoms with Crippen LogP contribution in [0.25, 0.3) is 10.9 Å². The van der Waals surface area contributed by atoms with Gasteiger partial charge in [0.25, 0.3) is 5.91 Å². The van der Waals surface area contributed by atoms with Gasteiger partial charge in [0.1, 0.15) is 17.0 Å². The van der Waals surface area contributed by atoms with Crippen LogP contribution in [0, 0.1) is 18.6 Å². The molecule has 0 aliphatic carbocycles. The van der Waals surface area contributed by atoms with Crippen LogP contribution in [0.1, 0.15) is 16.1 Å². The molecule has 0 aliphatic heterocycles. The van der Waals surface area contributed by atoms with Crippen LogP contribution in [0.4, 0.5) is 8.78 Å². The van der Waals surface area contributed by atoms with Gasteiger partial charge in [-0.1, -0.05) is 0 Å². The Hall–Kier alpha value is -2.04. The molecule has 5 heteroatoms. The van der Waals surface area contributed by atoms with Gasteiger partial charge in [0.2, 0.25) is 0 Å². The highest BCUT2D eigenvalue weighted by atomic mass is 19.1. The molecule has 1 heterocycles. The molecule has 3 nitrogen and oxygen atoms in total. The van der Waals surface area contributed by atoms with Gasteiger partial charge in [-0.05, 0) is 24.6 Å². The largest absolute Gasteiger partial charge is 0.364 e. The zero-order chi connectivity index (χ0) is 11.9. The fourth-order valence-electron chi connectivity index (χ4n) is 1.54. The van der Waals surface area contributed by atoms with Crippen LogP contribution in [0.2, 0.25) is 0 Å². The van der Waals surface area contributed by atoms with Gasteiger partial charge in [-0.2, -0.15) is 0 Å². The normalized spacial score (nSPS) is 10.7. The van der Waals surface area contributed by atoms with Crippen molar-refractivity contribution in [2.45, 2.75) is 6.92 Å². The van der Waals surface area contributed by atoms with Crippen molar-refractivity contribution in [3.05, 3.63) is 41.1 Å². The van der Waals surface area contributed by atoms with Gasteiger partial charge in [0.05, 0.1) is 0 Å². The number of rotatable bonds is 1. The SMILES string of the molecule is Cc1cc(C(N)=O)nc2c(F)cc(F)cc12. The molecule has 0 saturated heterocycles. The Morgan fingerprint density at radius 2 is 2.00 bits per heavy atom. The van der Waals surface area contributed by atoms with Gasteiger partial charge >= 0.3 is 0 Å². The van der Waals surface area contributed by atoms with Gasteiger partial charge < -0.3 is 5.73 Å². The summed E-state index contributed by atoms with van der Waals surface area (Å²) in [4.78, 5) is 14.7. The Bertz CT molecular complexity index is 596. The second kappa shape index (κ2) is 3.52. The number of benzene rings is 1. The van der Waals surface area contributed by atoms with Gasteiger partial charge in [0, 0.05) is 11.5 Å². The molecule has 0 saturated carbocycles. The summed E-state index contributed by atoms with van der Waals surface area (Å²) in [6.45, 7) is 1.63. The summed E-state index contributed by atoms with van der Waals surface area (Å²) in [5.74, 6) is -2.23. The third-order valence-corrected chi connectivity index (χ3v) is 2.29. The maximum atomic E-state index is 13.4. The number of fused-ring (bicyclic) bond motifs is 1. The molecule has 2 rings (SSSR count). The first kappa shape index (κ1) is 10.5. The van der Waals surface area contributed by atoms with Crippen molar-refractivity contribution in [1.29, 1.82) is 0 Å². The smallest absolute Gasteiger partial charge is 0.267 e. The standard InChI is InChI=1S/C11H8F2N2O/c1-5-2-9(11(14)16)15-10-7(5)3-6(12)4-8(10)13/h2-4H,1H3,(H2,14,16). The number of aromatic nitrogens is 1. The van der Waals surface area contributed by atoms with Crippen LogP contribution in [0.3, 0.4) is 0 Å². The van der Waals surface area contributed by atoms with Crippen molar-refractivity contribution in [2.24, 2.45) is 5.73 Å². The lowest BCUT2D eigenvalue weighted by Crippen LogP contribution is -2.13. The molecule has 82 valence electrons. The topological polar surface area (TPSA) is 56.0 Å². The molecule has 1 amide bonds. The summed E-state index contributed by atoms with van der Waals surface area (Å²) in [5.41, 5.74) is 5.53. The number of nitrogens with zero attached hydrogens (tertiary/aromatic N) is 1. The number of primary amides is 1. The number of amides is 1. The van der Waals surface area contributed by atoms with E-state index in [4.69, 9.17) is 5.73 Å². The highest BCUT2D eigenvalue weighted by Crippen LogP contribution is 2.21. The first-order chi connectivity index (χ1) is 7.49. The minimum atomic E-state index is -0.804. The Kier molecular flexibility index (Phi) is 2.30. The summed E-state index contributed by atoms with van der Waals surface area (Å²) >= 11 is 0. The maximum absolute atomic E-state index is 13.4.